The van der Waals surface area contributed by atoms with Crippen LogP contribution >= 0.6 is 0 Å². The predicted octanol–water partition coefficient (Wildman–Crippen LogP) is 24.1. The molecule has 0 aromatic heterocycles. The lowest BCUT2D eigenvalue weighted by Crippen LogP contribution is -2.57. The quantitative estimate of drug-likeness (QED) is 0.165. The molecule has 0 bridgehead atoms. The van der Waals surface area contributed by atoms with Crippen molar-refractivity contribution in [2.75, 3.05) is 0 Å². The van der Waals surface area contributed by atoms with E-state index >= 15 is 0 Å². The minimum absolute atomic E-state index is 0.0361. The molecule has 0 atom stereocenters. The molecule has 4 heterocycles. The highest BCUT2D eigenvalue weighted by Gasteiger charge is 2.43. The Morgan fingerprint density at radius 3 is 0.618 bits per heavy atom. The van der Waals surface area contributed by atoms with Crippen molar-refractivity contribution in [1.29, 1.82) is 0 Å². The fourth-order valence-electron chi connectivity index (χ4n) is 18.8. The van der Waals surface area contributed by atoms with Gasteiger partial charge >= 0.3 is 0 Å². The van der Waals surface area contributed by atoms with E-state index in [0.29, 0.717) is 0 Å². The molecule has 2 aliphatic carbocycles. The second kappa shape index (κ2) is 25.2. The van der Waals surface area contributed by atoms with Gasteiger partial charge in [-0.3, -0.25) is 0 Å². The van der Waals surface area contributed by atoms with Crippen LogP contribution in [0.4, 0.5) is 0 Å². The summed E-state index contributed by atoms with van der Waals surface area (Å²) in [6.07, 6.45) is 0. The van der Waals surface area contributed by atoms with E-state index in [9.17, 15) is 0 Å². The van der Waals surface area contributed by atoms with Gasteiger partial charge in [-0.15, -0.1) is 0 Å². The van der Waals surface area contributed by atoms with E-state index in [2.05, 4.69) is 357 Å². The highest BCUT2D eigenvalue weighted by atomic mass is 16.5. The number of hydrogen-bond acceptors (Lipinski definition) is 4. The number of benzene rings is 16. The molecule has 16 aromatic carbocycles. The van der Waals surface area contributed by atoms with Crippen molar-refractivity contribution in [3.8, 4) is 180 Å². The van der Waals surface area contributed by atoms with Gasteiger partial charge in [-0.25, -0.2) is 0 Å². The van der Waals surface area contributed by atoms with Gasteiger partial charge in [0.25, 0.3) is 13.4 Å². The molecule has 0 saturated carbocycles. The Labute approximate surface area is 643 Å². The fraction of sp³-hybridized carbons (Fsp3) is 0.0769. The second-order valence-electron chi connectivity index (χ2n) is 31.9. The minimum Gasteiger partial charge on any atom is -0.458 e. The maximum Gasteiger partial charge on any atom is 0.260 e. The van der Waals surface area contributed by atoms with Crippen LogP contribution in [-0.4, -0.2) is 13.4 Å². The molecule has 0 spiro atoms. The third kappa shape index (κ3) is 10.4. The monoisotopic (exact) mass is 1410 g/mol. The first-order valence-electron chi connectivity index (χ1n) is 38.4. The standard InChI is InChI=1S/C58H42.C46H32B2O4/c1-58(2,3)57-39(37-31-33-53-49-25-10-8-21-45(49)41-17-4-6-19-43(41)47-23-12-14-27-51(47)55(53)35-37)29-16-30-40(57)38-32-34-54-50-26-11-9-22-46(50)42-18-5-7-20-44(42)48-24-13-15-28-52(48)56(54)36-38;1-46(2,3)43-29(27-23-39-44-40(24-27)50-36-20-9-5-16-32(36)47(44)31-15-4-8-19-35(31)49-39)13-12-14-30(43)28-25-41-45-42(26-28)52-38-22-11-7-18-34(38)48(45)33-17-6-10-21-37(33)51-41/h4-36H,1-3H3;4-26H,1-3H3. The van der Waals surface area contributed by atoms with E-state index in [1.54, 1.807) is 0 Å². The highest BCUT2D eigenvalue weighted by Crippen LogP contribution is 2.54. The van der Waals surface area contributed by atoms with Gasteiger partial charge in [-0.1, -0.05) is 321 Å². The molecule has 0 saturated heterocycles. The lowest BCUT2D eigenvalue weighted by Gasteiger charge is -2.34. The van der Waals surface area contributed by atoms with Gasteiger partial charge in [0.2, 0.25) is 0 Å². The first-order valence-corrected chi connectivity index (χ1v) is 38.4. The van der Waals surface area contributed by atoms with Crippen LogP contribution in [0.15, 0.2) is 340 Å². The maximum absolute atomic E-state index is 6.70. The van der Waals surface area contributed by atoms with Gasteiger partial charge in [0.15, 0.2) is 0 Å². The van der Waals surface area contributed by atoms with Crippen molar-refractivity contribution < 1.29 is 18.9 Å². The van der Waals surface area contributed by atoms with Crippen LogP contribution < -0.4 is 51.7 Å². The van der Waals surface area contributed by atoms with E-state index in [1.807, 2.05) is 24.3 Å². The smallest absolute Gasteiger partial charge is 0.260 e. The van der Waals surface area contributed by atoms with E-state index in [1.165, 1.54) is 122 Å². The molecule has 110 heavy (non-hydrogen) atoms. The number of rotatable bonds is 4. The van der Waals surface area contributed by atoms with Crippen molar-refractivity contribution >= 4 is 46.2 Å². The Hall–Kier alpha value is -13.2. The molecule has 520 valence electrons. The zero-order valence-electron chi connectivity index (χ0n) is 62.1. The largest absolute Gasteiger partial charge is 0.458 e. The summed E-state index contributed by atoms with van der Waals surface area (Å²) < 4.78 is 26.8. The Kier molecular flexibility index (Phi) is 15.0. The minimum atomic E-state index is -0.223. The summed E-state index contributed by atoms with van der Waals surface area (Å²) in [5.41, 5.74) is 38.6. The van der Waals surface area contributed by atoms with Crippen molar-refractivity contribution in [3.05, 3.63) is 351 Å². The molecule has 22 rings (SSSR count). The average molecular weight is 1410 g/mol. The molecule has 16 aromatic rings. The molecule has 4 nitrogen and oxygen atoms in total. The first kappa shape index (κ1) is 65.2. The van der Waals surface area contributed by atoms with Crippen molar-refractivity contribution in [1.82, 2.24) is 0 Å². The third-order valence-electron chi connectivity index (χ3n) is 23.4. The summed E-state index contributed by atoms with van der Waals surface area (Å²) in [5.74, 6) is 6.86. The topological polar surface area (TPSA) is 36.9 Å². The summed E-state index contributed by atoms with van der Waals surface area (Å²) >= 11 is 0. The molecule has 4 aliphatic heterocycles. The normalized spacial score (nSPS) is 12.9. The number of fused-ring (bicyclic) bond motifs is 24. The summed E-state index contributed by atoms with van der Waals surface area (Å²) in [6, 6.07) is 124. The van der Waals surface area contributed by atoms with E-state index in [0.717, 1.165) is 101 Å². The van der Waals surface area contributed by atoms with Crippen molar-refractivity contribution in [2.24, 2.45) is 0 Å². The Morgan fingerprint density at radius 1 is 0.173 bits per heavy atom. The SMILES string of the molecule is CC(C)(C)c1c(-c2cc3c4c(c2)Oc2ccccc2B4c2ccccc2O3)cccc1-c1cc2c3c(c1)Oc1ccccc1B3c1ccccc1O2.CC(C)(C)c1c(-c2ccc3c(c2)-c2ccccc2-c2ccccc2-c2ccccc2-3)cccc1-c1ccc2c(c1)-c1ccccc1-c1ccccc1-c1ccccc1-2. The summed E-state index contributed by atoms with van der Waals surface area (Å²) in [5, 5.41) is 0. The number of hydrogen-bond donors (Lipinski definition) is 0. The van der Waals surface area contributed by atoms with E-state index < -0.39 is 0 Å². The van der Waals surface area contributed by atoms with Gasteiger partial charge in [0.1, 0.15) is 46.0 Å². The van der Waals surface area contributed by atoms with Crippen molar-refractivity contribution in [3.63, 3.8) is 0 Å². The Morgan fingerprint density at radius 2 is 0.373 bits per heavy atom. The molecular formula is C104H74B2O4. The zero-order valence-corrected chi connectivity index (χ0v) is 62.1. The van der Waals surface area contributed by atoms with Gasteiger partial charge in [0.05, 0.1) is 0 Å². The lowest BCUT2D eigenvalue weighted by atomic mass is 9.35. The van der Waals surface area contributed by atoms with Gasteiger partial charge in [-0.2, -0.15) is 0 Å². The Balaban J connectivity index is 0.000000140. The van der Waals surface area contributed by atoms with Crippen molar-refractivity contribution in [2.45, 2.75) is 52.4 Å². The van der Waals surface area contributed by atoms with E-state index in [-0.39, 0.29) is 24.3 Å². The van der Waals surface area contributed by atoms with Gasteiger partial charge < -0.3 is 18.9 Å². The summed E-state index contributed by atoms with van der Waals surface area (Å²) in [7, 11) is 0. The lowest BCUT2D eigenvalue weighted by molar-refractivity contribution is 0.464. The first-order chi connectivity index (χ1) is 53.8. The van der Waals surface area contributed by atoms with Crippen LogP contribution in [0.5, 0.6) is 46.0 Å². The van der Waals surface area contributed by atoms with Crippen LogP contribution in [0, 0.1) is 0 Å². The number of ether oxygens (including phenoxy) is 4. The molecule has 0 fully saturated rings. The molecular weight excluding hydrogens is 1330 g/mol. The molecule has 6 heteroatoms. The zero-order chi connectivity index (χ0) is 73.7. The Bertz CT molecular complexity index is 6020. The maximum atomic E-state index is 6.70. The van der Waals surface area contributed by atoms with E-state index in [4.69, 9.17) is 18.9 Å². The molecule has 0 unspecified atom stereocenters. The predicted molar refractivity (Wildman–Crippen MR) is 458 cm³/mol. The van der Waals surface area contributed by atoms with Gasteiger partial charge in [-0.05, 0) is 238 Å². The molecule has 6 aliphatic rings. The third-order valence-corrected chi connectivity index (χ3v) is 23.4. The fourth-order valence-corrected chi connectivity index (χ4v) is 18.8. The second-order valence-corrected chi connectivity index (χ2v) is 31.9. The van der Waals surface area contributed by atoms with Crippen LogP contribution in [0.25, 0.3) is 134 Å². The van der Waals surface area contributed by atoms with Gasteiger partial charge in [0, 0.05) is 10.9 Å². The average Bonchev–Trinajstić information content (AvgIpc) is 0.739. The number of para-hydroxylation sites is 4. The van der Waals surface area contributed by atoms with Crippen LogP contribution in [-0.2, 0) is 10.8 Å². The molecule has 0 N–H and O–H groups in total. The molecule has 0 radical (unpaired) electrons. The van der Waals surface area contributed by atoms with Crippen LogP contribution in [0.3, 0.4) is 0 Å². The summed E-state index contributed by atoms with van der Waals surface area (Å²) in [4.78, 5) is 0. The van der Waals surface area contributed by atoms with Crippen LogP contribution in [0.2, 0.25) is 0 Å². The van der Waals surface area contributed by atoms with Crippen LogP contribution in [0.1, 0.15) is 52.7 Å². The highest BCUT2D eigenvalue weighted by molar-refractivity contribution is 6.99. The molecule has 0 amide bonds. The summed E-state index contributed by atoms with van der Waals surface area (Å²) in [6.45, 7) is 14.0.